The van der Waals surface area contributed by atoms with E-state index in [1.807, 2.05) is 0 Å². The summed E-state index contributed by atoms with van der Waals surface area (Å²) in [4.78, 5) is 22.1. The molecule has 10 heteroatoms. The molecule has 4 heterocycles. The van der Waals surface area contributed by atoms with E-state index in [2.05, 4.69) is 34.0 Å². The Bertz CT molecular complexity index is 1170. The smallest absolute Gasteiger partial charge is 0.258 e. The molecule has 4 rings (SSSR count). The van der Waals surface area contributed by atoms with E-state index in [-0.39, 0.29) is 12.2 Å². The van der Waals surface area contributed by atoms with Gasteiger partial charge in [-0.1, -0.05) is 6.92 Å². The van der Waals surface area contributed by atoms with Crippen molar-refractivity contribution in [2.75, 3.05) is 0 Å². The summed E-state index contributed by atoms with van der Waals surface area (Å²) in [5, 5.41) is 21.0. The van der Waals surface area contributed by atoms with Crippen LogP contribution in [0.3, 0.4) is 0 Å². The van der Waals surface area contributed by atoms with Crippen molar-refractivity contribution in [3.8, 4) is 0 Å². The molecule has 4 aromatic heterocycles. The fraction of sp³-hybridized carbons (Fsp3) is 0.375. The Morgan fingerprint density at radius 1 is 1.27 bits per heavy atom. The predicted octanol–water partition coefficient (Wildman–Crippen LogP) is 2.98. The van der Waals surface area contributed by atoms with Crippen molar-refractivity contribution in [1.29, 1.82) is 0 Å². The number of aromatic nitrogens is 6. The van der Waals surface area contributed by atoms with Crippen molar-refractivity contribution >= 4 is 32.9 Å². The van der Waals surface area contributed by atoms with E-state index in [1.165, 1.54) is 10.4 Å². The number of aryl methyl sites for hydroxylation is 3. The topological polar surface area (TPSA) is 104 Å². The van der Waals surface area contributed by atoms with Crippen LogP contribution in [-0.4, -0.2) is 34.3 Å². The van der Waals surface area contributed by atoms with Crippen LogP contribution in [0, 0.1) is 30.9 Å². The molecule has 0 N–H and O–H groups in total. The van der Waals surface area contributed by atoms with Gasteiger partial charge in [0.25, 0.3) is 0 Å². The van der Waals surface area contributed by atoms with E-state index < -0.39 is 4.92 Å². The van der Waals surface area contributed by atoms with Crippen LogP contribution >= 0.6 is 11.3 Å². The maximum atomic E-state index is 11.2. The zero-order chi connectivity index (χ0) is 18.6. The van der Waals surface area contributed by atoms with Crippen LogP contribution in [0.4, 0.5) is 5.69 Å². The van der Waals surface area contributed by atoms with Gasteiger partial charge in [0, 0.05) is 4.88 Å². The highest BCUT2D eigenvalue weighted by Gasteiger charge is 2.23. The van der Waals surface area contributed by atoms with Gasteiger partial charge in [-0.3, -0.25) is 14.8 Å². The molecular formula is C16H17N7O2S. The van der Waals surface area contributed by atoms with E-state index in [1.54, 1.807) is 40.7 Å². The number of nitrogens with zero attached hydrogens (tertiary/aromatic N) is 7. The van der Waals surface area contributed by atoms with Gasteiger partial charge >= 0.3 is 5.69 Å². The van der Waals surface area contributed by atoms with Gasteiger partial charge in [-0.15, -0.1) is 16.4 Å². The minimum absolute atomic E-state index is 0.0412. The molecule has 9 nitrogen and oxygen atoms in total. The molecule has 4 aromatic rings. The van der Waals surface area contributed by atoms with Crippen LogP contribution < -0.4 is 0 Å². The molecule has 0 aromatic carbocycles. The SMILES string of the molecule is CCc1c(C)sc2ncn3nc(Cn4nc(C)c([N+](=O)[O-])c4C)nc3c12. The first-order valence-corrected chi connectivity index (χ1v) is 9.03. The zero-order valence-corrected chi connectivity index (χ0v) is 15.7. The van der Waals surface area contributed by atoms with Crippen LogP contribution in [0.15, 0.2) is 6.33 Å². The van der Waals surface area contributed by atoms with Gasteiger partial charge in [0.05, 0.1) is 10.3 Å². The molecule has 26 heavy (non-hydrogen) atoms. The molecule has 0 radical (unpaired) electrons. The highest BCUT2D eigenvalue weighted by molar-refractivity contribution is 7.18. The fourth-order valence-corrected chi connectivity index (χ4v) is 4.42. The summed E-state index contributed by atoms with van der Waals surface area (Å²) in [6, 6.07) is 0. The Kier molecular flexibility index (Phi) is 3.72. The molecule has 0 bridgehead atoms. The number of fused-ring (bicyclic) bond motifs is 3. The second-order valence-corrected chi connectivity index (χ2v) is 7.35. The second-order valence-electron chi connectivity index (χ2n) is 6.15. The van der Waals surface area contributed by atoms with Crippen molar-refractivity contribution in [3.05, 3.63) is 44.1 Å². The Balaban J connectivity index is 1.83. The zero-order valence-electron chi connectivity index (χ0n) is 14.8. The Morgan fingerprint density at radius 2 is 2.04 bits per heavy atom. The van der Waals surface area contributed by atoms with Crippen molar-refractivity contribution in [1.82, 2.24) is 29.4 Å². The summed E-state index contributed by atoms with van der Waals surface area (Å²) >= 11 is 1.66. The fourth-order valence-electron chi connectivity index (χ4n) is 3.34. The highest BCUT2D eigenvalue weighted by Crippen LogP contribution is 2.32. The van der Waals surface area contributed by atoms with Gasteiger partial charge in [0.2, 0.25) is 0 Å². The molecule has 134 valence electrons. The summed E-state index contributed by atoms with van der Waals surface area (Å²) in [5.74, 6) is 0.547. The van der Waals surface area contributed by atoms with E-state index in [4.69, 9.17) is 0 Å². The average molecular weight is 371 g/mol. The van der Waals surface area contributed by atoms with Gasteiger partial charge < -0.3 is 0 Å². The quantitative estimate of drug-likeness (QED) is 0.403. The number of nitro groups is 1. The van der Waals surface area contributed by atoms with Crippen LogP contribution in [0.25, 0.3) is 15.9 Å². The largest absolute Gasteiger partial charge is 0.312 e. The van der Waals surface area contributed by atoms with E-state index in [0.29, 0.717) is 17.2 Å². The Hall–Kier alpha value is -2.88. The lowest BCUT2D eigenvalue weighted by molar-refractivity contribution is -0.386. The first-order chi connectivity index (χ1) is 12.4. The van der Waals surface area contributed by atoms with Crippen molar-refractivity contribution in [2.45, 2.75) is 40.7 Å². The molecule has 0 saturated carbocycles. The van der Waals surface area contributed by atoms with E-state index in [9.17, 15) is 10.1 Å². The minimum Gasteiger partial charge on any atom is -0.258 e. The number of rotatable bonds is 4. The average Bonchev–Trinajstić information content (AvgIpc) is 3.20. The normalized spacial score (nSPS) is 11.7. The van der Waals surface area contributed by atoms with Crippen LogP contribution in [-0.2, 0) is 13.0 Å². The third kappa shape index (κ3) is 2.37. The van der Waals surface area contributed by atoms with Crippen LogP contribution in [0.2, 0.25) is 0 Å². The molecule has 0 aliphatic carbocycles. The van der Waals surface area contributed by atoms with Gasteiger partial charge in [0.1, 0.15) is 29.1 Å². The minimum atomic E-state index is -0.402. The monoisotopic (exact) mass is 371 g/mol. The Labute approximate surface area is 152 Å². The Morgan fingerprint density at radius 3 is 2.69 bits per heavy atom. The van der Waals surface area contributed by atoms with Gasteiger partial charge in [-0.2, -0.15) is 5.10 Å². The van der Waals surface area contributed by atoms with Crippen LogP contribution in [0.5, 0.6) is 0 Å². The summed E-state index contributed by atoms with van der Waals surface area (Å²) in [6.07, 6.45) is 2.56. The van der Waals surface area contributed by atoms with Crippen molar-refractivity contribution in [2.24, 2.45) is 0 Å². The number of hydrogen-bond donors (Lipinski definition) is 0. The predicted molar refractivity (Wildman–Crippen MR) is 97.7 cm³/mol. The van der Waals surface area contributed by atoms with Crippen molar-refractivity contribution < 1.29 is 4.92 Å². The maximum Gasteiger partial charge on any atom is 0.312 e. The number of thiophene rings is 1. The highest BCUT2D eigenvalue weighted by atomic mass is 32.1. The molecule has 0 spiro atoms. The van der Waals surface area contributed by atoms with Crippen molar-refractivity contribution in [3.63, 3.8) is 0 Å². The molecule has 0 saturated heterocycles. The third-order valence-corrected chi connectivity index (χ3v) is 5.60. The van der Waals surface area contributed by atoms with Gasteiger partial charge in [-0.25, -0.2) is 14.5 Å². The lowest BCUT2D eigenvalue weighted by atomic mass is 10.1. The molecular weight excluding hydrogens is 354 g/mol. The molecule has 0 amide bonds. The summed E-state index contributed by atoms with van der Waals surface area (Å²) in [5.41, 5.74) is 2.93. The molecule has 0 aliphatic rings. The van der Waals surface area contributed by atoms with E-state index in [0.717, 1.165) is 22.3 Å². The number of hydrogen-bond acceptors (Lipinski definition) is 7. The van der Waals surface area contributed by atoms with Gasteiger partial charge in [0.15, 0.2) is 11.5 Å². The van der Waals surface area contributed by atoms with Gasteiger partial charge in [-0.05, 0) is 32.8 Å². The molecule has 0 atom stereocenters. The first-order valence-electron chi connectivity index (χ1n) is 8.21. The summed E-state index contributed by atoms with van der Waals surface area (Å²) < 4.78 is 3.25. The molecule has 0 fully saturated rings. The van der Waals surface area contributed by atoms with Crippen LogP contribution in [0.1, 0.15) is 34.6 Å². The lowest BCUT2D eigenvalue weighted by Crippen LogP contribution is -2.06. The second kappa shape index (κ2) is 5.84. The first kappa shape index (κ1) is 16.6. The third-order valence-electron chi connectivity index (χ3n) is 4.54. The summed E-state index contributed by atoms with van der Waals surface area (Å²) in [7, 11) is 0. The summed E-state index contributed by atoms with van der Waals surface area (Å²) in [6.45, 7) is 7.80. The lowest BCUT2D eigenvalue weighted by Gasteiger charge is -1.98. The maximum absolute atomic E-state index is 11.2. The standard InChI is InChI=1S/C16H17N7O2S/c1-5-11-10(4)26-16-13(11)15-18-12(20-22(15)7-17-16)6-21-9(3)14(23(24)25)8(2)19-21/h7H,5-6H2,1-4H3. The molecule has 0 unspecified atom stereocenters. The molecule has 0 aliphatic heterocycles. The van der Waals surface area contributed by atoms with E-state index >= 15 is 0 Å².